The number of hydrogen-bond donors (Lipinski definition) is 1. The van der Waals surface area contributed by atoms with Crippen LogP contribution in [0.1, 0.15) is 12.0 Å². The molecule has 0 radical (unpaired) electrons. The van der Waals surface area contributed by atoms with E-state index < -0.39 is 26.6 Å². The number of nitrogens with zero attached hydrogens (tertiary/aromatic N) is 1. The van der Waals surface area contributed by atoms with Gasteiger partial charge in [0, 0.05) is 31.4 Å². The summed E-state index contributed by atoms with van der Waals surface area (Å²) in [5, 5.41) is 0. The SMILES string of the molecule is O=S(=O)(NCCCc1ccc(N2CCOCC2)cc1)c1ccc(F)cc1F. The number of nitrogens with one attached hydrogen (secondary N) is 1. The van der Waals surface area contributed by atoms with Gasteiger partial charge in [-0.15, -0.1) is 0 Å². The molecule has 5 nitrogen and oxygen atoms in total. The van der Waals surface area contributed by atoms with Crippen LogP contribution in [0.15, 0.2) is 47.4 Å². The molecule has 1 aliphatic heterocycles. The van der Waals surface area contributed by atoms with Gasteiger partial charge in [0.1, 0.15) is 16.5 Å². The zero-order chi connectivity index (χ0) is 19.3. The van der Waals surface area contributed by atoms with E-state index in [1.165, 1.54) is 0 Å². The van der Waals surface area contributed by atoms with Gasteiger partial charge in [-0.25, -0.2) is 21.9 Å². The molecule has 1 saturated heterocycles. The average molecular weight is 396 g/mol. The van der Waals surface area contributed by atoms with E-state index in [2.05, 4.69) is 21.8 Å². The Kier molecular flexibility index (Phi) is 6.41. The molecule has 1 aliphatic rings. The van der Waals surface area contributed by atoms with E-state index >= 15 is 0 Å². The van der Waals surface area contributed by atoms with Crippen molar-refractivity contribution < 1.29 is 21.9 Å². The highest BCUT2D eigenvalue weighted by atomic mass is 32.2. The van der Waals surface area contributed by atoms with Gasteiger partial charge in [0.2, 0.25) is 10.0 Å². The van der Waals surface area contributed by atoms with Crippen LogP contribution in [0, 0.1) is 11.6 Å². The second-order valence-electron chi connectivity index (χ2n) is 6.34. The Morgan fingerprint density at radius 2 is 1.74 bits per heavy atom. The van der Waals surface area contributed by atoms with Gasteiger partial charge in [0.15, 0.2) is 0 Å². The third kappa shape index (κ3) is 5.24. The van der Waals surface area contributed by atoms with Crippen molar-refractivity contribution in [1.29, 1.82) is 0 Å². The summed E-state index contributed by atoms with van der Waals surface area (Å²) >= 11 is 0. The number of rotatable bonds is 7. The van der Waals surface area contributed by atoms with Crippen LogP contribution in [-0.2, 0) is 21.2 Å². The van der Waals surface area contributed by atoms with Gasteiger partial charge in [-0.05, 0) is 42.7 Å². The lowest BCUT2D eigenvalue weighted by Gasteiger charge is -2.28. The number of sulfonamides is 1. The van der Waals surface area contributed by atoms with E-state index in [4.69, 9.17) is 4.74 Å². The molecule has 0 unspecified atom stereocenters. The maximum absolute atomic E-state index is 13.6. The van der Waals surface area contributed by atoms with Gasteiger partial charge in [0.25, 0.3) is 0 Å². The van der Waals surface area contributed by atoms with E-state index in [-0.39, 0.29) is 6.54 Å². The molecule has 0 bridgehead atoms. The summed E-state index contributed by atoms with van der Waals surface area (Å²) in [7, 11) is -3.99. The standard InChI is InChI=1S/C19H22F2N2O3S/c20-16-5-8-19(18(21)14-16)27(24,25)22-9-1-2-15-3-6-17(7-4-15)23-10-12-26-13-11-23/h3-8,14,22H,1-2,9-13H2. The fourth-order valence-corrected chi connectivity index (χ4v) is 4.10. The fraction of sp³-hybridized carbons (Fsp3) is 0.368. The van der Waals surface area contributed by atoms with E-state index in [0.717, 1.165) is 49.7 Å². The minimum Gasteiger partial charge on any atom is -0.378 e. The highest BCUT2D eigenvalue weighted by molar-refractivity contribution is 7.89. The van der Waals surface area contributed by atoms with E-state index in [9.17, 15) is 17.2 Å². The van der Waals surface area contributed by atoms with Gasteiger partial charge in [0.05, 0.1) is 13.2 Å². The van der Waals surface area contributed by atoms with E-state index in [1.54, 1.807) is 0 Å². The lowest BCUT2D eigenvalue weighted by Crippen LogP contribution is -2.36. The van der Waals surface area contributed by atoms with Crippen molar-refractivity contribution in [3.63, 3.8) is 0 Å². The van der Waals surface area contributed by atoms with Gasteiger partial charge in [-0.3, -0.25) is 0 Å². The van der Waals surface area contributed by atoms with Crippen LogP contribution in [0.2, 0.25) is 0 Å². The first-order valence-corrected chi connectivity index (χ1v) is 10.3. The molecule has 2 aromatic rings. The Balaban J connectivity index is 1.49. The predicted molar refractivity (Wildman–Crippen MR) is 99.3 cm³/mol. The minimum absolute atomic E-state index is 0.171. The van der Waals surface area contributed by atoms with Gasteiger partial charge < -0.3 is 9.64 Å². The molecule has 0 aromatic heterocycles. The molecule has 0 atom stereocenters. The number of aryl methyl sites for hydroxylation is 1. The van der Waals surface area contributed by atoms with Crippen LogP contribution in [0.3, 0.4) is 0 Å². The predicted octanol–water partition coefficient (Wildman–Crippen LogP) is 2.71. The van der Waals surface area contributed by atoms with E-state index in [0.29, 0.717) is 18.9 Å². The Labute approximate surface area is 158 Å². The summed E-state index contributed by atoms with van der Waals surface area (Å²) in [6.45, 7) is 3.39. The second-order valence-corrected chi connectivity index (χ2v) is 8.08. The number of anilines is 1. The lowest BCUT2D eigenvalue weighted by molar-refractivity contribution is 0.122. The van der Waals surface area contributed by atoms with Crippen LogP contribution in [-0.4, -0.2) is 41.3 Å². The van der Waals surface area contributed by atoms with Crippen LogP contribution in [0.4, 0.5) is 14.5 Å². The van der Waals surface area contributed by atoms with Crippen LogP contribution >= 0.6 is 0 Å². The van der Waals surface area contributed by atoms with Gasteiger partial charge in [-0.2, -0.15) is 0 Å². The van der Waals surface area contributed by atoms with Gasteiger partial charge >= 0.3 is 0 Å². The first kappa shape index (κ1) is 19.7. The first-order chi connectivity index (χ1) is 13.0. The summed E-state index contributed by atoms with van der Waals surface area (Å²) in [6, 6.07) is 10.6. The molecule has 8 heteroatoms. The fourth-order valence-electron chi connectivity index (χ4n) is 2.96. The highest BCUT2D eigenvalue weighted by Gasteiger charge is 2.18. The molecule has 2 aromatic carbocycles. The number of halogens is 2. The molecular weight excluding hydrogens is 374 g/mol. The monoisotopic (exact) mass is 396 g/mol. The lowest BCUT2D eigenvalue weighted by atomic mass is 10.1. The first-order valence-electron chi connectivity index (χ1n) is 8.82. The average Bonchev–Trinajstić information content (AvgIpc) is 2.66. The number of morpholine rings is 1. The molecule has 1 heterocycles. The Bertz CT molecular complexity index is 867. The topological polar surface area (TPSA) is 58.6 Å². The molecule has 0 amide bonds. The minimum atomic E-state index is -3.99. The Hall–Kier alpha value is -2.03. The van der Waals surface area contributed by atoms with Crippen LogP contribution < -0.4 is 9.62 Å². The molecule has 0 saturated carbocycles. The zero-order valence-electron chi connectivity index (χ0n) is 14.8. The summed E-state index contributed by atoms with van der Waals surface area (Å²) < 4.78 is 58.5. The molecular formula is C19H22F2N2O3S. The highest BCUT2D eigenvalue weighted by Crippen LogP contribution is 2.18. The van der Waals surface area contributed by atoms with E-state index in [1.807, 2.05) is 12.1 Å². The summed E-state index contributed by atoms with van der Waals surface area (Å²) in [6.07, 6.45) is 1.26. The number of benzene rings is 2. The maximum Gasteiger partial charge on any atom is 0.243 e. The zero-order valence-corrected chi connectivity index (χ0v) is 15.6. The molecule has 1 N–H and O–H groups in total. The third-order valence-corrected chi connectivity index (χ3v) is 5.92. The normalized spacial score (nSPS) is 15.1. The van der Waals surface area contributed by atoms with Crippen molar-refractivity contribution in [3.8, 4) is 0 Å². The maximum atomic E-state index is 13.6. The van der Waals surface area contributed by atoms with Crippen LogP contribution in [0.5, 0.6) is 0 Å². The molecule has 27 heavy (non-hydrogen) atoms. The quantitative estimate of drug-likeness (QED) is 0.731. The van der Waals surface area contributed by atoms with Crippen molar-refractivity contribution in [2.75, 3.05) is 37.7 Å². The smallest absolute Gasteiger partial charge is 0.243 e. The molecule has 146 valence electrons. The van der Waals surface area contributed by atoms with Gasteiger partial charge in [-0.1, -0.05) is 12.1 Å². The number of ether oxygens (including phenoxy) is 1. The molecule has 3 rings (SSSR count). The van der Waals surface area contributed by atoms with Crippen molar-refractivity contribution in [3.05, 3.63) is 59.7 Å². The molecule has 0 spiro atoms. The summed E-state index contributed by atoms with van der Waals surface area (Å²) in [5.41, 5.74) is 2.24. The van der Waals surface area contributed by atoms with Crippen LogP contribution in [0.25, 0.3) is 0 Å². The molecule has 0 aliphatic carbocycles. The summed E-state index contributed by atoms with van der Waals surface area (Å²) in [4.78, 5) is 1.72. The molecule has 1 fully saturated rings. The summed E-state index contributed by atoms with van der Waals surface area (Å²) in [5.74, 6) is -1.91. The third-order valence-electron chi connectivity index (χ3n) is 4.43. The van der Waals surface area contributed by atoms with Crippen molar-refractivity contribution in [2.45, 2.75) is 17.7 Å². The van der Waals surface area contributed by atoms with Crippen molar-refractivity contribution in [1.82, 2.24) is 4.72 Å². The largest absolute Gasteiger partial charge is 0.378 e. The second kappa shape index (κ2) is 8.77. The Morgan fingerprint density at radius 1 is 1.04 bits per heavy atom. The number of hydrogen-bond acceptors (Lipinski definition) is 4. The Morgan fingerprint density at radius 3 is 2.41 bits per heavy atom. The van der Waals surface area contributed by atoms with Crippen molar-refractivity contribution in [2.24, 2.45) is 0 Å². The van der Waals surface area contributed by atoms with Crippen molar-refractivity contribution >= 4 is 15.7 Å².